The van der Waals surface area contributed by atoms with Gasteiger partial charge in [-0.15, -0.1) is 0 Å². The zero-order chi connectivity index (χ0) is 8.43. The van der Waals surface area contributed by atoms with Crippen LogP contribution in [-0.2, 0) is 0 Å². The Morgan fingerprint density at radius 1 is 1.55 bits per heavy atom. The largest absolute Gasteiger partial charge is 0.351 e. The van der Waals surface area contributed by atoms with Crippen LogP contribution in [0.2, 0.25) is 0 Å². The summed E-state index contributed by atoms with van der Waals surface area (Å²) in [7, 11) is 1.97. The van der Waals surface area contributed by atoms with Gasteiger partial charge in [0.25, 0.3) is 0 Å². The molecule has 0 aromatic rings. The van der Waals surface area contributed by atoms with E-state index in [1.807, 2.05) is 7.05 Å². The molecule has 0 aromatic heterocycles. The van der Waals surface area contributed by atoms with E-state index in [9.17, 15) is 4.79 Å². The van der Waals surface area contributed by atoms with E-state index >= 15 is 0 Å². The van der Waals surface area contributed by atoms with Gasteiger partial charge in [0.1, 0.15) is 0 Å². The zero-order valence-corrected chi connectivity index (χ0v) is 6.66. The molecule has 4 N–H and O–H groups in total. The third kappa shape index (κ3) is 1.81. The molecule has 1 aliphatic rings. The van der Waals surface area contributed by atoms with Crippen LogP contribution in [0.5, 0.6) is 0 Å². The average Bonchev–Trinajstić information content (AvgIpc) is 1.85. The summed E-state index contributed by atoms with van der Waals surface area (Å²) in [5.74, 6) is 0. The number of nitrogens with zero attached hydrogens (tertiary/aromatic N) is 2. The van der Waals surface area contributed by atoms with Crippen molar-refractivity contribution < 1.29 is 4.79 Å². The maximum Gasteiger partial charge on any atom is 0.316 e. The number of piperazine rings is 1. The number of nitrogens with two attached hydrogens (primary N) is 2. The molecule has 1 saturated heterocycles. The van der Waals surface area contributed by atoms with Gasteiger partial charge in [0.15, 0.2) is 0 Å². The van der Waals surface area contributed by atoms with Crippen LogP contribution in [-0.4, -0.2) is 48.7 Å². The lowest BCUT2D eigenvalue weighted by Crippen LogP contribution is -2.59. The van der Waals surface area contributed by atoms with Crippen LogP contribution in [0.1, 0.15) is 0 Å². The summed E-state index contributed by atoms with van der Waals surface area (Å²) >= 11 is 0. The third-order valence-electron chi connectivity index (χ3n) is 1.90. The van der Waals surface area contributed by atoms with E-state index in [4.69, 9.17) is 11.5 Å². The average molecular weight is 158 g/mol. The molecule has 11 heavy (non-hydrogen) atoms. The molecule has 5 nitrogen and oxygen atoms in total. The summed E-state index contributed by atoms with van der Waals surface area (Å²) in [4.78, 5) is 14.3. The molecule has 1 heterocycles. The Morgan fingerprint density at radius 3 is 2.64 bits per heavy atom. The first-order valence-corrected chi connectivity index (χ1v) is 3.61. The van der Waals surface area contributed by atoms with Gasteiger partial charge < -0.3 is 21.3 Å². The van der Waals surface area contributed by atoms with E-state index in [0.29, 0.717) is 13.1 Å². The Balaban J connectivity index is 2.50. The van der Waals surface area contributed by atoms with Gasteiger partial charge in [-0.25, -0.2) is 4.79 Å². The third-order valence-corrected chi connectivity index (χ3v) is 1.90. The zero-order valence-electron chi connectivity index (χ0n) is 6.66. The second-order valence-electron chi connectivity index (χ2n) is 2.86. The predicted octanol–water partition coefficient (Wildman–Crippen LogP) is -1.40. The maximum atomic E-state index is 10.7. The Labute approximate surface area is 65.9 Å². The molecule has 0 bridgehead atoms. The van der Waals surface area contributed by atoms with Gasteiger partial charge in [-0.05, 0) is 7.05 Å². The van der Waals surface area contributed by atoms with E-state index < -0.39 is 6.03 Å². The topological polar surface area (TPSA) is 75.6 Å². The van der Waals surface area contributed by atoms with Gasteiger partial charge in [-0.3, -0.25) is 0 Å². The van der Waals surface area contributed by atoms with Gasteiger partial charge in [0.05, 0.1) is 6.17 Å². The Bertz CT molecular complexity index is 161. The highest BCUT2D eigenvalue weighted by molar-refractivity contribution is 5.72. The first kappa shape index (κ1) is 8.29. The van der Waals surface area contributed by atoms with Crippen molar-refractivity contribution in [3.8, 4) is 0 Å². The molecule has 1 aliphatic heterocycles. The van der Waals surface area contributed by atoms with Gasteiger partial charge in [-0.2, -0.15) is 0 Å². The molecule has 0 aromatic carbocycles. The van der Waals surface area contributed by atoms with Crippen LogP contribution in [0.4, 0.5) is 4.79 Å². The van der Waals surface area contributed by atoms with Crippen LogP contribution < -0.4 is 11.5 Å². The molecule has 0 radical (unpaired) electrons. The van der Waals surface area contributed by atoms with Crippen molar-refractivity contribution in [2.75, 3.05) is 26.7 Å². The van der Waals surface area contributed by atoms with Crippen molar-refractivity contribution in [2.24, 2.45) is 11.5 Å². The minimum atomic E-state index is -0.425. The molecule has 1 unspecified atom stereocenters. The summed E-state index contributed by atoms with van der Waals surface area (Å²) in [6.45, 7) is 2.17. The highest BCUT2D eigenvalue weighted by Crippen LogP contribution is 2.02. The molecule has 1 rings (SSSR count). The summed E-state index contributed by atoms with van der Waals surface area (Å²) in [5.41, 5.74) is 10.7. The van der Waals surface area contributed by atoms with Gasteiger partial charge >= 0.3 is 6.03 Å². The Kier molecular flexibility index (Phi) is 2.31. The summed E-state index contributed by atoms with van der Waals surface area (Å²) < 4.78 is 0. The minimum absolute atomic E-state index is 0.244. The van der Waals surface area contributed by atoms with Crippen LogP contribution in [0.25, 0.3) is 0 Å². The Morgan fingerprint density at radius 2 is 2.18 bits per heavy atom. The fraction of sp³-hybridized carbons (Fsp3) is 0.833. The number of urea groups is 1. The first-order chi connectivity index (χ1) is 5.11. The molecule has 0 spiro atoms. The minimum Gasteiger partial charge on any atom is -0.351 e. The molecule has 1 fully saturated rings. The van der Waals surface area contributed by atoms with Crippen LogP contribution in [0.15, 0.2) is 0 Å². The van der Waals surface area contributed by atoms with E-state index in [1.165, 1.54) is 4.90 Å². The number of carbonyl (C=O) groups excluding carboxylic acids is 1. The molecule has 0 aliphatic carbocycles. The van der Waals surface area contributed by atoms with Crippen molar-refractivity contribution in [3.05, 3.63) is 0 Å². The standard InChI is InChI=1S/C6H14N4O/c1-9-2-3-10(6(8)11)5(7)4-9/h5H,2-4,7H2,1H3,(H2,8,11). The maximum absolute atomic E-state index is 10.7. The fourth-order valence-electron chi connectivity index (χ4n) is 1.23. The monoisotopic (exact) mass is 158 g/mol. The molecule has 1 atom stereocenters. The summed E-state index contributed by atoms with van der Waals surface area (Å²) in [5, 5.41) is 0. The van der Waals surface area contributed by atoms with Crippen LogP contribution in [0, 0.1) is 0 Å². The van der Waals surface area contributed by atoms with Crippen LogP contribution in [0.3, 0.4) is 0 Å². The number of hydrogen-bond donors (Lipinski definition) is 2. The number of rotatable bonds is 0. The second-order valence-corrected chi connectivity index (χ2v) is 2.86. The van der Waals surface area contributed by atoms with Crippen LogP contribution >= 0.6 is 0 Å². The van der Waals surface area contributed by atoms with E-state index in [-0.39, 0.29) is 6.17 Å². The fourth-order valence-corrected chi connectivity index (χ4v) is 1.23. The van der Waals surface area contributed by atoms with Crippen molar-refractivity contribution >= 4 is 6.03 Å². The van der Waals surface area contributed by atoms with Crippen molar-refractivity contribution in [2.45, 2.75) is 6.17 Å². The molecule has 64 valence electrons. The molecule has 5 heteroatoms. The molecule has 0 saturated carbocycles. The normalized spacial score (nSPS) is 27.1. The van der Waals surface area contributed by atoms with Crippen molar-refractivity contribution in [1.82, 2.24) is 9.80 Å². The second kappa shape index (κ2) is 3.06. The predicted molar refractivity (Wildman–Crippen MR) is 41.8 cm³/mol. The highest BCUT2D eigenvalue weighted by Gasteiger charge is 2.23. The smallest absolute Gasteiger partial charge is 0.316 e. The molecule has 2 amide bonds. The first-order valence-electron chi connectivity index (χ1n) is 3.61. The number of primary amides is 1. The lowest BCUT2D eigenvalue weighted by Gasteiger charge is -2.36. The Hall–Kier alpha value is -0.810. The SMILES string of the molecule is CN1CCN(C(N)=O)C(N)C1. The number of amides is 2. The molecular formula is C6H14N4O. The van der Waals surface area contributed by atoms with Gasteiger partial charge in [0, 0.05) is 19.6 Å². The summed E-state index contributed by atoms with van der Waals surface area (Å²) in [6.07, 6.45) is -0.244. The van der Waals surface area contributed by atoms with Crippen molar-refractivity contribution in [1.29, 1.82) is 0 Å². The van der Waals surface area contributed by atoms with Crippen molar-refractivity contribution in [3.63, 3.8) is 0 Å². The summed E-state index contributed by atoms with van der Waals surface area (Å²) in [6, 6.07) is -0.425. The number of hydrogen-bond acceptors (Lipinski definition) is 3. The lowest BCUT2D eigenvalue weighted by atomic mass is 10.3. The van der Waals surface area contributed by atoms with E-state index in [2.05, 4.69) is 4.90 Å². The highest BCUT2D eigenvalue weighted by atomic mass is 16.2. The van der Waals surface area contributed by atoms with E-state index in [0.717, 1.165) is 6.54 Å². The quantitative estimate of drug-likeness (QED) is 0.455. The molecular weight excluding hydrogens is 144 g/mol. The number of carbonyl (C=O) groups is 1. The lowest BCUT2D eigenvalue weighted by molar-refractivity contribution is 0.117. The van der Waals surface area contributed by atoms with Gasteiger partial charge in [-0.1, -0.05) is 0 Å². The number of likely N-dealkylation sites (N-methyl/N-ethyl adjacent to an activating group) is 1. The van der Waals surface area contributed by atoms with E-state index in [1.54, 1.807) is 0 Å². The van der Waals surface area contributed by atoms with Gasteiger partial charge in [0.2, 0.25) is 0 Å².